The number of nitrogens with zero attached hydrogens (tertiary/aromatic N) is 1. The zero-order valence-electron chi connectivity index (χ0n) is 10.1. The van der Waals surface area contributed by atoms with Crippen molar-refractivity contribution in [1.29, 1.82) is 5.26 Å². The summed E-state index contributed by atoms with van der Waals surface area (Å²) in [7, 11) is 0. The van der Waals surface area contributed by atoms with E-state index in [2.05, 4.69) is 40.3 Å². The zero-order valence-corrected chi connectivity index (χ0v) is 11.7. The molecule has 0 aliphatic rings. The molecule has 1 N–H and O–H groups in total. The standard InChI is InChI=1S/C15H13BrN2/c1-11-8-14(16)6-7-15(11)18-10-13-5-3-2-4-12(13)9-17/h2-8,18H,10H2,1H3. The van der Waals surface area contributed by atoms with Gasteiger partial charge in [0.25, 0.3) is 0 Å². The average molecular weight is 301 g/mol. The third kappa shape index (κ3) is 2.91. The highest BCUT2D eigenvalue weighted by atomic mass is 79.9. The van der Waals surface area contributed by atoms with Crippen molar-refractivity contribution in [3.63, 3.8) is 0 Å². The number of aryl methyl sites for hydroxylation is 1. The summed E-state index contributed by atoms with van der Waals surface area (Å²) >= 11 is 3.44. The lowest BCUT2D eigenvalue weighted by Crippen LogP contribution is -2.02. The second-order valence-corrected chi connectivity index (χ2v) is 5.00. The number of benzene rings is 2. The van der Waals surface area contributed by atoms with Crippen LogP contribution < -0.4 is 5.32 Å². The van der Waals surface area contributed by atoms with Crippen LogP contribution >= 0.6 is 15.9 Å². The summed E-state index contributed by atoms with van der Waals surface area (Å²) in [4.78, 5) is 0. The van der Waals surface area contributed by atoms with Gasteiger partial charge in [-0.15, -0.1) is 0 Å². The molecule has 18 heavy (non-hydrogen) atoms. The number of nitriles is 1. The summed E-state index contributed by atoms with van der Waals surface area (Å²) in [6.45, 7) is 2.72. The second kappa shape index (κ2) is 5.70. The third-order valence-electron chi connectivity index (χ3n) is 2.80. The quantitative estimate of drug-likeness (QED) is 0.920. The molecular weight excluding hydrogens is 288 g/mol. The number of rotatable bonds is 3. The molecule has 0 atom stereocenters. The maximum Gasteiger partial charge on any atom is 0.0995 e. The molecule has 0 aliphatic heterocycles. The Kier molecular flexibility index (Phi) is 4.01. The van der Waals surface area contributed by atoms with Crippen molar-refractivity contribution in [2.45, 2.75) is 13.5 Å². The van der Waals surface area contributed by atoms with Gasteiger partial charge in [-0.2, -0.15) is 5.26 Å². The predicted octanol–water partition coefficient (Wildman–Crippen LogP) is 4.24. The predicted molar refractivity (Wildman–Crippen MR) is 77.4 cm³/mol. The molecule has 2 aromatic carbocycles. The molecule has 0 spiro atoms. The molecule has 2 nitrogen and oxygen atoms in total. The lowest BCUT2D eigenvalue weighted by molar-refractivity contribution is 1.13. The van der Waals surface area contributed by atoms with Crippen molar-refractivity contribution < 1.29 is 0 Å². The summed E-state index contributed by atoms with van der Waals surface area (Å²) in [5.74, 6) is 0. The SMILES string of the molecule is Cc1cc(Br)ccc1NCc1ccccc1C#N. The Morgan fingerprint density at radius 3 is 2.72 bits per heavy atom. The van der Waals surface area contributed by atoms with Crippen LogP contribution in [0.1, 0.15) is 16.7 Å². The minimum absolute atomic E-state index is 0.659. The van der Waals surface area contributed by atoms with Gasteiger partial charge in [-0.05, 0) is 42.3 Å². The van der Waals surface area contributed by atoms with Gasteiger partial charge < -0.3 is 5.32 Å². The van der Waals surface area contributed by atoms with Gasteiger partial charge in [0.2, 0.25) is 0 Å². The van der Waals surface area contributed by atoms with E-state index in [1.807, 2.05) is 36.4 Å². The van der Waals surface area contributed by atoms with Crippen LogP contribution in [0, 0.1) is 18.3 Å². The van der Waals surface area contributed by atoms with E-state index in [1.54, 1.807) is 0 Å². The van der Waals surface area contributed by atoms with E-state index < -0.39 is 0 Å². The summed E-state index contributed by atoms with van der Waals surface area (Å²) < 4.78 is 1.07. The topological polar surface area (TPSA) is 35.8 Å². The molecule has 0 heterocycles. The van der Waals surface area contributed by atoms with Crippen LogP contribution in [0.5, 0.6) is 0 Å². The number of halogens is 1. The van der Waals surface area contributed by atoms with Crippen molar-refractivity contribution in [3.05, 3.63) is 63.6 Å². The van der Waals surface area contributed by atoms with Crippen molar-refractivity contribution in [2.75, 3.05) is 5.32 Å². The zero-order chi connectivity index (χ0) is 13.0. The monoisotopic (exact) mass is 300 g/mol. The Morgan fingerprint density at radius 1 is 1.22 bits per heavy atom. The van der Waals surface area contributed by atoms with Crippen LogP contribution in [-0.4, -0.2) is 0 Å². The molecule has 90 valence electrons. The van der Waals surface area contributed by atoms with E-state index in [-0.39, 0.29) is 0 Å². The highest BCUT2D eigenvalue weighted by Crippen LogP contribution is 2.21. The smallest absolute Gasteiger partial charge is 0.0995 e. The van der Waals surface area contributed by atoms with Gasteiger partial charge in [0.05, 0.1) is 11.6 Å². The van der Waals surface area contributed by atoms with E-state index in [1.165, 1.54) is 5.56 Å². The largest absolute Gasteiger partial charge is 0.381 e. The molecule has 0 saturated carbocycles. The number of hydrogen-bond donors (Lipinski definition) is 1. The number of nitrogens with one attached hydrogen (secondary N) is 1. The van der Waals surface area contributed by atoms with E-state index in [9.17, 15) is 0 Å². The van der Waals surface area contributed by atoms with Crippen molar-refractivity contribution in [1.82, 2.24) is 0 Å². The Balaban J connectivity index is 2.14. The fourth-order valence-electron chi connectivity index (χ4n) is 1.80. The van der Waals surface area contributed by atoms with Crippen molar-refractivity contribution in [2.24, 2.45) is 0 Å². The molecule has 0 radical (unpaired) electrons. The van der Waals surface area contributed by atoms with Crippen LogP contribution in [0.15, 0.2) is 46.9 Å². The fraction of sp³-hybridized carbons (Fsp3) is 0.133. The van der Waals surface area contributed by atoms with E-state index >= 15 is 0 Å². The highest BCUT2D eigenvalue weighted by Gasteiger charge is 2.02. The first-order valence-electron chi connectivity index (χ1n) is 5.69. The lowest BCUT2D eigenvalue weighted by Gasteiger charge is -2.10. The third-order valence-corrected chi connectivity index (χ3v) is 3.29. The minimum Gasteiger partial charge on any atom is -0.381 e. The first kappa shape index (κ1) is 12.7. The average Bonchev–Trinajstić information content (AvgIpc) is 2.38. The van der Waals surface area contributed by atoms with Crippen LogP contribution in [0.4, 0.5) is 5.69 Å². The van der Waals surface area contributed by atoms with Gasteiger partial charge in [0, 0.05) is 16.7 Å². The van der Waals surface area contributed by atoms with Crippen LogP contribution in [0.25, 0.3) is 0 Å². The Labute approximate surface area is 115 Å². The molecule has 0 saturated heterocycles. The Bertz CT molecular complexity index is 600. The molecule has 2 rings (SSSR count). The first-order valence-corrected chi connectivity index (χ1v) is 6.48. The van der Waals surface area contributed by atoms with E-state index in [4.69, 9.17) is 5.26 Å². The summed E-state index contributed by atoms with van der Waals surface area (Å²) in [6, 6.07) is 16.0. The van der Waals surface area contributed by atoms with Crippen LogP contribution in [0.3, 0.4) is 0 Å². The van der Waals surface area contributed by atoms with E-state index in [0.717, 1.165) is 21.3 Å². The maximum absolute atomic E-state index is 9.02. The summed E-state index contributed by atoms with van der Waals surface area (Å²) in [6.07, 6.45) is 0. The molecule has 0 aliphatic carbocycles. The van der Waals surface area contributed by atoms with Gasteiger partial charge in [-0.1, -0.05) is 34.1 Å². The van der Waals surface area contributed by atoms with Crippen molar-refractivity contribution in [3.8, 4) is 6.07 Å². The maximum atomic E-state index is 9.02. The first-order chi connectivity index (χ1) is 8.70. The molecule has 0 bridgehead atoms. The molecule has 0 amide bonds. The molecule has 0 aromatic heterocycles. The molecule has 0 fully saturated rings. The van der Waals surface area contributed by atoms with Gasteiger partial charge in [-0.3, -0.25) is 0 Å². The van der Waals surface area contributed by atoms with E-state index in [0.29, 0.717) is 6.54 Å². The number of hydrogen-bond acceptors (Lipinski definition) is 2. The van der Waals surface area contributed by atoms with Crippen LogP contribution in [0.2, 0.25) is 0 Å². The molecule has 2 aromatic rings. The number of anilines is 1. The summed E-state index contributed by atoms with van der Waals surface area (Å²) in [5.41, 5.74) is 4.01. The van der Waals surface area contributed by atoms with Crippen molar-refractivity contribution >= 4 is 21.6 Å². The van der Waals surface area contributed by atoms with Crippen LogP contribution in [-0.2, 0) is 6.54 Å². The molecule has 3 heteroatoms. The summed E-state index contributed by atoms with van der Waals surface area (Å²) in [5, 5.41) is 12.4. The minimum atomic E-state index is 0.659. The lowest BCUT2D eigenvalue weighted by atomic mass is 10.1. The highest BCUT2D eigenvalue weighted by molar-refractivity contribution is 9.10. The Morgan fingerprint density at radius 2 is 2.00 bits per heavy atom. The fourth-order valence-corrected chi connectivity index (χ4v) is 2.27. The molecular formula is C15H13BrN2. The molecule has 0 unspecified atom stereocenters. The van der Waals surface area contributed by atoms with Gasteiger partial charge in [0.1, 0.15) is 0 Å². The second-order valence-electron chi connectivity index (χ2n) is 4.08. The Hall–Kier alpha value is -1.79. The van der Waals surface area contributed by atoms with Gasteiger partial charge >= 0.3 is 0 Å². The normalized spacial score (nSPS) is 9.83. The van der Waals surface area contributed by atoms with Gasteiger partial charge in [0.15, 0.2) is 0 Å². The van der Waals surface area contributed by atoms with Gasteiger partial charge in [-0.25, -0.2) is 0 Å².